The van der Waals surface area contributed by atoms with Gasteiger partial charge in [-0.2, -0.15) is 0 Å². The van der Waals surface area contributed by atoms with E-state index >= 15 is 0 Å². The van der Waals surface area contributed by atoms with Crippen LogP contribution in [-0.2, 0) is 28.6 Å². The van der Waals surface area contributed by atoms with Crippen molar-refractivity contribution in [3.63, 3.8) is 0 Å². The van der Waals surface area contributed by atoms with Crippen molar-refractivity contribution < 1.29 is 28.6 Å². The number of ether oxygens (including phenoxy) is 3. The van der Waals surface area contributed by atoms with Gasteiger partial charge in [0.15, 0.2) is 6.10 Å². The lowest BCUT2D eigenvalue weighted by atomic mass is 10.0. The van der Waals surface area contributed by atoms with Gasteiger partial charge in [-0.3, -0.25) is 14.4 Å². The number of hydrogen-bond donors (Lipinski definition) is 0. The van der Waals surface area contributed by atoms with Crippen molar-refractivity contribution in [3.05, 3.63) is 36.5 Å². The SMILES string of the molecule is CCCCC/C=C\C/C=C\CCCCCCCCCC(=O)OC(COC(=O)CCCCCCC/C=C\CCCCC)COC(=O)CCCCCCCCCCCCCCCCCCCCCCCCCCCCCCCC. The molecular weight excluding hydrogens is 949 g/mol. The number of hydrogen-bond acceptors (Lipinski definition) is 6. The number of carbonyl (C=O) groups excluding carboxylic acids is 3. The number of carbonyl (C=O) groups is 3. The molecule has 1 unspecified atom stereocenters. The zero-order chi connectivity index (χ0) is 55.7. The topological polar surface area (TPSA) is 78.9 Å². The molecule has 0 amide bonds. The molecule has 0 spiro atoms. The number of allylic oxidation sites excluding steroid dienone is 6. The van der Waals surface area contributed by atoms with Crippen LogP contribution in [-0.4, -0.2) is 37.2 Å². The third-order valence-corrected chi connectivity index (χ3v) is 15.6. The maximum absolute atomic E-state index is 12.9. The van der Waals surface area contributed by atoms with Crippen molar-refractivity contribution >= 4 is 17.9 Å². The Bertz CT molecular complexity index is 1290. The molecule has 0 aliphatic rings. The second-order valence-electron chi connectivity index (χ2n) is 23.4. The van der Waals surface area contributed by atoms with E-state index in [0.717, 1.165) is 77.0 Å². The van der Waals surface area contributed by atoms with E-state index in [2.05, 4.69) is 57.2 Å². The molecule has 0 aliphatic carbocycles. The van der Waals surface area contributed by atoms with Crippen molar-refractivity contribution in [1.29, 1.82) is 0 Å². The average Bonchev–Trinajstić information content (AvgIpc) is 3.43. The molecule has 6 nitrogen and oxygen atoms in total. The monoisotopic (exact) mass is 1080 g/mol. The summed E-state index contributed by atoms with van der Waals surface area (Å²) in [7, 11) is 0. The molecule has 0 fully saturated rings. The molecule has 1 atom stereocenters. The van der Waals surface area contributed by atoms with Gasteiger partial charge in [0.05, 0.1) is 0 Å². The van der Waals surface area contributed by atoms with Crippen LogP contribution < -0.4 is 0 Å². The van der Waals surface area contributed by atoms with E-state index in [1.165, 1.54) is 263 Å². The van der Waals surface area contributed by atoms with Crippen molar-refractivity contribution in [2.75, 3.05) is 13.2 Å². The van der Waals surface area contributed by atoms with E-state index in [-0.39, 0.29) is 31.1 Å². The first-order valence-electron chi connectivity index (χ1n) is 34.5. The van der Waals surface area contributed by atoms with Gasteiger partial charge in [-0.25, -0.2) is 0 Å². The molecule has 0 bridgehead atoms. The van der Waals surface area contributed by atoms with Gasteiger partial charge in [0.2, 0.25) is 0 Å². The molecule has 0 aromatic rings. The average molecular weight is 1080 g/mol. The summed E-state index contributed by atoms with van der Waals surface area (Å²) in [6.45, 7) is 6.64. The summed E-state index contributed by atoms with van der Waals surface area (Å²) in [4.78, 5) is 38.3. The van der Waals surface area contributed by atoms with E-state index in [9.17, 15) is 14.4 Å². The molecule has 0 aromatic heterocycles. The Kier molecular flexibility index (Phi) is 64.1. The minimum absolute atomic E-state index is 0.0740. The standard InChI is InChI=1S/C71H132O6/c1-4-7-10-13-16-19-22-25-27-29-30-31-32-33-34-35-36-37-38-39-40-41-43-44-46-49-52-55-58-61-64-70(73)76-67-68(66-75-69(72)63-60-57-54-51-48-24-21-18-15-12-9-6-3)77-71(74)65-62-59-56-53-50-47-45-42-28-26-23-20-17-14-11-8-5-2/h17-18,20-21,26,28,68H,4-16,19,22-25,27,29-67H2,1-3H3/b20-17-,21-18-,28-26-. The number of esters is 3. The van der Waals surface area contributed by atoms with Crippen molar-refractivity contribution in [3.8, 4) is 0 Å². The molecule has 0 saturated heterocycles. The van der Waals surface area contributed by atoms with E-state index in [1.807, 2.05) is 0 Å². The van der Waals surface area contributed by atoms with Crippen LogP contribution in [0.1, 0.15) is 380 Å². The van der Waals surface area contributed by atoms with Crippen LogP contribution in [0.4, 0.5) is 0 Å². The highest BCUT2D eigenvalue weighted by Crippen LogP contribution is 2.18. The lowest BCUT2D eigenvalue weighted by Crippen LogP contribution is -2.30. The molecule has 0 radical (unpaired) electrons. The number of rotatable bonds is 64. The molecular formula is C71H132O6. The van der Waals surface area contributed by atoms with Gasteiger partial charge in [0.25, 0.3) is 0 Å². The van der Waals surface area contributed by atoms with Crippen LogP contribution in [0.15, 0.2) is 36.5 Å². The summed E-state index contributed by atoms with van der Waals surface area (Å²) >= 11 is 0. The molecule has 77 heavy (non-hydrogen) atoms. The quantitative estimate of drug-likeness (QED) is 0.0261. The fourth-order valence-electron chi connectivity index (χ4n) is 10.4. The third kappa shape index (κ3) is 64.3. The first-order chi connectivity index (χ1) is 38.0. The summed E-state index contributed by atoms with van der Waals surface area (Å²) < 4.78 is 16.9. The normalized spacial score (nSPS) is 12.2. The van der Waals surface area contributed by atoms with Gasteiger partial charge in [0, 0.05) is 19.3 Å². The predicted molar refractivity (Wildman–Crippen MR) is 335 cm³/mol. The van der Waals surface area contributed by atoms with Gasteiger partial charge in [-0.1, -0.05) is 320 Å². The van der Waals surface area contributed by atoms with Crippen LogP contribution in [0.25, 0.3) is 0 Å². The Hall–Kier alpha value is -2.37. The zero-order valence-corrected chi connectivity index (χ0v) is 52.0. The van der Waals surface area contributed by atoms with Crippen LogP contribution in [0.2, 0.25) is 0 Å². The first kappa shape index (κ1) is 74.6. The van der Waals surface area contributed by atoms with Gasteiger partial charge in [-0.05, 0) is 77.0 Å². The smallest absolute Gasteiger partial charge is 0.306 e. The van der Waals surface area contributed by atoms with Crippen LogP contribution >= 0.6 is 0 Å². The van der Waals surface area contributed by atoms with Crippen molar-refractivity contribution in [2.45, 2.75) is 386 Å². The Labute approximate surface area is 480 Å². The predicted octanol–water partition coefficient (Wildman–Crippen LogP) is 23.6. The van der Waals surface area contributed by atoms with Crippen LogP contribution in [0, 0.1) is 0 Å². The fraction of sp³-hybridized carbons (Fsp3) is 0.873. The summed E-state index contributed by atoms with van der Waals surface area (Å²) in [6, 6.07) is 0. The molecule has 0 heterocycles. The van der Waals surface area contributed by atoms with Crippen LogP contribution in [0.5, 0.6) is 0 Å². The van der Waals surface area contributed by atoms with Crippen molar-refractivity contribution in [1.82, 2.24) is 0 Å². The molecule has 0 rings (SSSR count). The molecule has 452 valence electrons. The maximum Gasteiger partial charge on any atom is 0.306 e. The number of unbranched alkanes of at least 4 members (excludes halogenated alkanes) is 47. The lowest BCUT2D eigenvalue weighted by Gasteiger charge is -2.18. The van der Waals surface area contributed by atoms with Gasteiger partial charge in [0.1, 0.15) is 13.2 Å². The van der Waals surface area contributed by atoms with Crippen molar-refractivity contribution in [2.24, 2.45) is 0 Å². The Morgan fingerprint density at radius 1 is 0.260 bits per heavy atom. The molecule has 0 aliphatic heterocycles. The zero-order valence-electron chi connectivity index (χ0n) is 52.0. The third-order valence-electron chi connectivity index (χ3n) is 15.6. The molecule has 6 heteroatoms. The highest BCUT2D eigenvalue weighted by Gasteiger charge is 2.19. The highest BCUT2D eigenvalue weighted by molar-refractivity contribution is 5.71. The first-order valence-corrected chi connectivity index (χ1v) is 34.5. The Morgan fingerprint density at radius 3 is 0.753 bits per heavy atom. The summed E-state index contributed by atoms with van der Waals surface area (Å²) in [6.07, 6.45) is 81.8. The lowest BCUT2D eigenvalue weighted by molar-refractivity contribution is -0.167. The summed E-state index contributed by atoms with van der Waals surface area (Å²) in [5.74, 6) is -0.868. The minimum atomic E-state index is -0.778. The maximum atomic E-state index is 12.9. The molecule has 0 aromatic carbocycles. The van der Waals surface area contributed by atoms with Gasteiger partial charge >= 0.3 is 17.9 Å². The largest absolute Gasteiger partial charge is 0.462 e. The highest BCUT2D eigenvalue weighted by atomic mass is 16.6. The van der Waals surface area contributed by atoms with E-state index in [1.54, 1.807) is 0 Å². The molecule has 0 N–H and O–H groups in total. The fourth-order valence-corrected chi connectivity index (χ4v) is 10.4. The van der Waals surface area contributed by atoms with E-state index in [4.69, 9.17) is 14.2 Å². The second kappa shape index (κ2) is 66.1. The van der Waals surface area contributed by atoms with E-state index in [0.29, 0.717) is 19.3 Å². The summed E-state index contributed by atoms with van der Waals surface area (Å²) in [5, 5.41) is 0. The second-order valence-corrected chi connectivity index (χ2v) is 23.4. The van der Waals surface area contributed by atoms with Gasteiger partial charge in [-0.15, -0.1) is 0 Å². The van der Waals surface area contributed by atoms with E-state index < -0.39 is 6.10 Å². The summed E-state index contributed by atoms with van der Waals surface area (Å²) in [5.41, 5.74) is 0. The molecule has 0 saturated carbocycles. The minimum Gasteiger partial charge on any atom is -0.462 e. The van der Waals surface area contributed by atoms with Crippen LogP contribution in [0.3, 0.4) is 0 Å². The Morgan fingerprint density at radius 2 is 0.468 bits per heavy atom. The van der Waals surface area contributed by atoms with Gasteiger partial charge < -0.3 is 14.2 Å². The Balaban J connectivity index is 4.13.